The molecule has 0 aliphatic carbocycles. The largest absolute Gasteiger partial charge is 0.286 e. The second-order valence-electron chi connectivity index (χ2n) is 7.73. The number of carbonyl (C=O) groups excluding carboxylic acids is 1. The van der Waals surface area contributed by atoms with Gasteiger partial charge in [0.15, 0.2) is 0 Å². The molecule has 2 aromatic carbocycles. The van der Waals surface area contributed by atoms with E-state index in [9.17, 15) is 10.0 Å². The number of hydrogen-bond donors (Lipinski definition) is 1. The van der Waals surface area contributed by atoms with Gasteiger partial charge in [-0.05, 0) is 42.7 Å². The first-order valence-corrected chi connectivity index (χ1v) is 10.3. The lowest BCUT2D eigenvalue weighted by atomic mass is 9.84. The summed E-state index contributed by atoms with van der Waals surface area (Å²) in [6.07, 6.45) is 9.26. The average Bonchev–Trinajstić information content (AvgIpc) is 2.71. The Kier molecular flexibility index (Phi) is 7.46. The van der Waals surface area contributed by atoms with E-state index in [2.05, 4.69) is 42.5 Å². The van der Waals surface area contributed by atoms with E-state index in [0.29, 0.717) is 6.42 Å². The van der Waals surface area contributed by atoms with E-state index in [1.54, 1.807) is 0 Å². The summed E-state index contributed by atoms with van der Waals surface area (Å²) in [6.45, 7) is 0. The van der Waals surface area contributed by atoms with Gasteiger partial charge in [-0.3, -0.25) is 10.0 Å². The molecule has 2 atom stereocenters. The van der Waals surface area contributed by atoms with Gasteiger partial charge in [-0.25, -0.2) is 5.06 Å². The van der Waals surface area contributed by atoms with Gasteiger partial charge in [0.1, 0.15) is 0 Å². The molecule has 1 saturated heterocycles. The summed E-state index contributed by atoms with van der Waals surface area (Å²) in [7, 11) is 0. The molecule has 1 N–H and O–H groups in total. The summed E-state index contributed by atoms with van der Waals surface area (Å²) >= 11 is 0. The minimum atomic E-state index is -0.136. The van der Waals surface area contributed by atoms with Crippen molar-refractivity contribution in [2.45, 2.75) is 69.7 Å². The Morgan fingerprint density at radius 1 is 0.852 bits per heavy atom. The lowest BCUT2D eigenvalue weighted by molar-refractivity contribution is -0.184. The van der Waals surface area contributed by atoms with Crippen molar-refractivity contribution < 1.29 is 10.0 Å². The van der Waals surface area contributed by atoms with Crippen molar-refractivity contribution in [1.82, 2.24) is 5.06 Å². The second kappa shape index (κ2) is 10.3. The maximum absolute atomic E-state index is 12.2. The van der Waals surface area contributed by atoms with Crippen LogP contribution in [0.4, 0.5) is 0 Å². The van der Waals surface area contributed by atoms with Crippen LogP contribution in [-0.2, 0) is 11.2 Å². The quantitative estimate of drug-likeness (QED) is 0.455. The van der Waals surface area contributed by atoms with E-state index in [1.165, 1.54) is 36.8 Å². The van der Waals surface area contributed by atoms with Crippen molar-refractivity contribution in [3.63, 3.8) is 0 Å². The van der Waals surface area contributed by atoms with Crippen molar-refractivity contribution in [1.29, 1.82) is 0 Å². The number of piperidine rings is 1. The van der Waals surface area contributed by atoms with Crippen LogP contribution in [-0.4, -0.2) is 22.2 Å². The molecule has 144 valence electrons. The highest BCUT2D eigenvalue weighted by Gasteiger charge is 2.33. The molecule has 1 fully saturated rings. The van der Waals surface area contributed by atoms with Crippen LogP contribution in [0.25, 0.3) is 0 Å². The molecule has 3 rings (SSSR count). The van der Waals surface area contributed by atoms with Crippen LogP contribution >= 0.6 is 0 Å². The number of rotatable bonds is 9. The Morgan fingerprint density at radius 3 is 2.22 bits per heavy atom. The van der Waals surface area contributed by atoms with Crippen LogP contribution in [0.1, 0.15) is 68.4 Å². The first-order chi connectivity index (χ1) is 13.2. The number of nitrogens with zero attached hydrogens (tertiary/aromatic N) is 1. The third-order valence-corrected chi connectivity index (χ3v) is 5.70. The maximum atomic E-state index is 12.2. The predicted octanol–water partition coefficient (Wildman–Crippen LogP) is 5.73. The summed E-state index contributed by atoms with van der Waals surface area (Å²) < 4.78 is 0. The molecule has 0 radical (unpaired) electrons. The molecule has 0 spiro atoms. The molecule has 1 heterocycles. The number of unbranched alkanes of at least 4 members (excludes halogenated alkanes) is 4. The third-order valence-electron chi connectivity index (χ3n) is 5.70. The van der Waals surface area contributed by atoms with E-state index in [0.717, 1.165) is 30.7 Å². The van der Waals surface area contributed by atoms with Crippen LogP contribution in [0.3, 0.4) is 0 Å². The van der Waals surface area contributed by atoms with E-state index < -0.39 is 0 Å². The molecule has 1 aliphatic rings. The highest BCUT2D eigenvalue weighted by atomic mass is 16.5. The van der Waals surface area contributed by atoms with E-state index in [-0.39, 0.29) is 17.9 Å². The number of amides is 1. The fourth-order valence-corrected chi connectivity index (χ4v) is 4.12. The molecule has 3 heteroatoms. The van der Waals surface area contributed by atoms with Crippen LogP contribution in [0, 0.1) is 0 Å². The monoisotopic (exact) mass is 365 g/mol. The van der Waals surface area contributed by atoms with Gasteiger partial charge < -0.3 is 0 Å². The smallest absolute Gasteiger partial charge is 0.246 e. The van der Waals surface area contributed by atoms with Gasteiger partial charge in [0.2, 0.25) is 5.91 Å². The van der Waals surface area contributed by atoms with Crippen molar-refractivity contribution in [3.8, 4) is 0 Å². The summed E-state index contributed by atoms with van der Waals surface area (Å²) in [5, 5.41) is 11.2. The molecule has 27 heavy (non-hydrogen) atoms. The predicted molar refractivity (Wildman–Crippen MR) is 109 cm³/mol. The van der Waals surface area contributed by atoms with Crippen molar-refractivity contribution in [2.75, 3.05) is 0 Å². The molecule has 0 unspecified atom stereocenters. The van der Waals surface area contributed by atoms with Crippen LogP contribution in [0.15, 0.2) is 60.7 Å². The maximum Gasteiger partial charge on any atom is 0.246 e. The van der Waals surface area contributed by atoms with Crippen molar-refractivity contribution in [2.24, 2.45) is 0 Å². The molecule has 1 aliphatic heterocycles. The number of benzene rings is 2. The summed E-state index contributed by atoms with van der Waals surface area (Å²) in [5.74, 6) is 0.0981. The molecule has 0 bridgehead atoms. The Bertz CT molecular complexity index is 686. The van der Waals surface area contributed by atoms with E-state index in [4.69, 9.17) is 0 Å². The Morgan fingerprint density at radius 2 is 1.48 bits per heavy atom. The number of aryl methyl sites for hydroxylation is 1. The summed E-state index contributed by atoms with van der Waals surface area (Å²) in [6, 6.07) is 20.8. The molecule has 2 aromatic rings. The minimum Gasteiger partial charge on any atom is -0.286 e. The molecular weight excluding hydrogens is 334 g/mol. The van der Waals surface area contributed by atoms with Crippen molar-refractivity contribution >= 4 is 5.91 Å². The van der Waals surface area contributed by atoms with Gasteiger partial charge in [-0.1, -0.05) is 86.3 Å². The summed E-state index contributed by atoms with van der Waals surface area (Å²) in [5.41, 5.74) is 2.63. The normalized spacial score (nSPS) is 20.0. The van der Waals surface area contributed by atoms with E-state index in [1.807, 2.05) is 18.2 Å². The van der Waals surface area contributed by atoms with E-state index >= 15 is 0 Å². The number of hydrogen-bond acceptors (Lipinski definition) is 2. The minimum absolute atomic E-state index is 0.0409. The standard InChI is InChI=1S/C24H31NO2/c26-24-19-22(21-15-9-5-10-16-21)18-23(25(24)27)17-11-3-1-2-6-12-20-13-7-4-8-14-20/h4-5,7-10,13-16,22-23,27H,1-3,6,11-12,17-19H2/t22-,23+/m1/s1. The topological polar surface area (TPSA) is 40.5 Å². The highest BCUT2D eigenvalue weighted by molar-refractivity contribution is 5.77. The van der Waals surface area contributed by atoms with Crippen LogP contribution < -0.4 is 0 Å². The number of carbonyl (C=O) groups is 1. The van der Waals surface area contributed by atoms with Gasteiger partial charge in [0.25, 0.3) is 0 Å². The fraction of sp³-hybridized carbons (Fsp3) is 0.458. The van der Waals surface area contributed by atoms with Gasteiger partial charge in [-0.2, -0.15) is 0 Å². The Labute approximate surface area is 163 Å². The second-order valence-corrected chi connectivity index (χ2v) is 7.73. The van der Waals surface area contributed by atoms with Gasteiger partial charge in [0, 0.05) is 6.42 Å². The average molecular weight is 366 g/mol. The Hall–Kier alpha value is -2.13. The fourth-order valence-electron chi connectivity index (χ4n) is 4.12. The Balaban J connectivity index is 1.36. The van der Waals surface area contributed by atoms with Gasteiger partial charge in [0.05, 0.1) is 6.04 Å². The lowest BCUT2D eigenvalue weighted by Crippen LogP contribution is -2.43. The summed E-state index contributed by atoms with van der Waals surface area (Å²) in [4.78, 5) is 12.2. The number of hydroxylamine groups is 2. The first-order valence-electron chi connectivity index (χ1n) is 10.3. The van der Waals surface area contributed by atoms with Crippen LogP contribution in [0.5, 0.6) is 0 Å². The molecule has 0 saturated carbocycles. The van der Waals surface area contributed by atoms with Gasteiger partial charge in [-0.15, -0.1) is 0 Å². The third kappa shape index (κ3) is 5.93. The van der Waals surface area contributed by atoms with Crippen molar-refractivity contribution in [3.05, 3.63) is 71.8 Å². The molecular formula is C24H31NO2. The van der Waals surface area contributed by atoms with Crippen LogP contribution in [0.2, 0.25) is 0 Å². The zero-order valence-electron chi connectivity index (χ0n) is 16.1. The highest BCUT2D eigenvalue weighted by Crippen LogP contribution is 2.33. The zero-order chi connectivity index (χ0) is 18.9. The van der Waals surface area contributed by atoms with Gasteiger partial charge >= 0.3 is 0 Å². The molecule has 3 nitrogen and oxygen atoms in total. The zero-order valence-corrected chi connectivity index (χ0v) is 16.1. The molecule has 0 aromatic heterocycles. The molecule has 1 amide bonds. The first kappa shape index (κ1) is 19.6. The SMILES string of the molecule is O=C1C[C@H](c2ccccc2)C[C@H](CCCCCCCc2ccccc2)N1O. The lowest BCUT2D eigenvalue weighted by Gasteiger charge is -2.35.